The predicted molar refractivity (Wildman–Crippen MR) is 90.8 cm³/mol. The van der Waals surface area contributed by atoms with Gasteiger partial charge >= 0.3 is 0 Å². The molecule has 4 unspecified atom stereocenters. The highest BCUT2D eigenvalue weighted by atomic mass is 16.3. The highest BCUT2D eigenvalue weighted by molar-refractivity contribution is 5.38. The second-order valence-electron chi connectivity index (χ2n) is 8.33. The van der Waals surface area contributed by atoms with Gasteiger partial charge in [-0.25, -0.2) is 0 Å². The number of aliphatic hydroxyl groups excluding tert-OH is 1. The molecule has 4 rings (SSSR count). The molecule has 2 saturated carbocycles. The predicted octanol–water partition coefficient (Wildman–Crippen LogP) is 5.06. The summed E-state index contributed by atoms with van der Waals surface area (Å²) < 4.78 is 0. The number of hydrogen-bond acceptors (Lipinski definition) is 1. The standard InChI is InChI=1S/C21H30O/c1-3-16-6-9-20-19-8-5-15-12-14(13-22)4-7-17(15)18(19)10-11-21(16,20)2/h4,7,12,16,18-20,22H,3,5-6,8-11,13H2,1-2H3/t16?,18?,19?,20?,21-/m1/s1. The van der Waals surface area contributed by atoms with Crippen molar-refractivity contribution in [2.75, 3.05) is 0 Å². The molecule has 1 nitrogen and oxygen atoms in total. The van der Waals surface area contributed by atoms with Crippen LogP contribution < -0.4 is 0 Å². The molecule has 0 spiro atoms. The Morgan fingerprint density at radius 3 is 2.82 bits per heavy atom. The zero-order valence-electron chi connectivity index (χ0n) is 14.1. The van der Waals surface area contributed by atoms with Crippen LogP contribution in [0.5, 0.6) is 0 Å². The fourth-order valence-corrected chi connectivity index (χ4v) is 6.51. The van der Waals surface area contributed by atoms with Gasteiger partial charge in [0.05, 0.1) is 6.61 Å². The van der Waals surface area contributed by atoms with E-state index in [-0.39, 0.29) is 6.61 Å². The smallest absolute Gasteiger partial charge is 0.0681 e. The van der Waals surface area contributed by atoms with Gasteiger partial charge in [0.25, 0.3) is 0 Å². The van der Waals surface area contributed by atoms with E-state index in [2.05, 4.69) is 32.0 Å². The summed E-state index contributed by atoms with van der Waals surface area (Å²) >= 11 is 0. The quantitative estimate of drug-likeness (QED) is 0.809. The van der Waals surface area contributed by atoms with Crippen LogP contribution in [0.25, 0.3) is 0 Å². The van der Waals surface area contributed by atoms with Crippen molar-refractivity contribution in [3.8, 4) is 0 Å². The fraction of sp³-hybridized carbons (Fsp3) is 0.714. The van der Waals surface area contributed by atoms with E-state index in [1.807, 2.05) is 0 Å². The SMILES string of the molecule is CCC1CCC2C3CCc4cc(CO)ccc4C3CC[C@]12C. The molecule has 0 aliphatic heterocycles. The molecule has 3 aliphatic carbocycles. The normalized spacial score (nSPS) is 40.0. The lowest BCUT2D eigenvalue weighted by atomic mass is 9.54. The van der Waals surface area contributed by atoms with Crippen LogP contribution in [0.15, 0.2) is 18.2 Å². The lowest BCUT2D eigenvalue weighted by Crippen LogP contribution is -2.42. The first-order valence-corrected chi connectivity index (χ1v) is 9.40. The minimum Gasteiger partial charge on any atom is -0.392 e. The number of aryl methyl sites for hydroxylation is 1. The maximum absolute atomic E-state index is 9.38. The van der Waals surface area contributed by atoms with Crippen molar-refractivity contribution in [3.05, 3.63) is 34.9 Å². The average Bonchev–Trinajstić information content (AvgIpc) is 2.90. The zero-order valence-corrected chi connectivity index (χ0v) is 14.1. The number of aliphatic hydroxyl groups is 1. The molecule has 2 fully saturated rings. The Labute approximate surface area is 135 Å². The Morgan fingerprint density at radius 2 is 2.05 bits per heavy atom. The summed E-state index contributed by atoms with van der Waals surface area (Å²) in [5, 5.41) is 9.38. The van der Waals surface area contributed by atoms with Crippen LogP contribution in [0.2, 0.25) is 0 Å². The summed E-state index contributed by atoms with van der Waals surface area (Å²) in [6.07, 6.45) is 9.74. The second kappa shape index (κ2) is 5.37. The largest absolute Gasteiger partial charge is 0.392 e. The number of benzene rings is 1. The van der Waals surface area contributed by atoms with E-state index in [0.717, 1.165) is 29.2 Å². The lowest BCUT2D eigenvalue weighted by molar-refractivity contribution is 0.0273. The molecular weight excluding hydrogens is 268 g/mol. The van der Waals surface area contributed by atoms with Crippen LogP contribution in [-0.4, -0.2) is 5.11 Å². The van der Waals surface area contributed by atoms with Gasteiger partial charge in [-0.2, -0.15) is 0 Å². The first kappa shape index (κ1) is 14.8. The Bertz CT molecular complexity index is 563. The van der Waals surface area contributed by atoms with E-state index in [1.54, 1.807) is 5.56 Å². The van der Waals surface area contributed by atoms with E-state index in [4.69, 9.17) is 0 Å². The maximum atomic E-state index is 9.38. The van der Waals surface area contributed by atoms with Crippen molar-refractivity contribution in [2.45, 2.75) is 71.3 Å². The van der Waals surface area contributed by atoms with Gasteiger partial charge in [0.15, 0.2) is 0 Å². The molecule has 0 bridgehead atoms. The van der Waals surface area contributed by atoms with Crippen LogP contribution in [0.3, 0.4) is 0 Å². The number of hydrogen-bond donors (Lipinski definition) is 1. The van der Waals surface area contributed by atoms with E-state index < -0.39 is 0 Å². The molecule has 3 aliphatic rings. The third-order valence-corrected chi connectivity index (χ3v) is 7.66. The van der Waals surface area contributed by atoms with E-state index >= 15 is 0 Å². The van der Waals surface area contributed by atoms with E-state index in [9.17, 15) is 5.11 Å². The van der Waals surface area contributed by atoms with Crippen LogP contribution >= 0.6 is 0 Å². The molecular formula is C21H30O. The van der Waals surface area contributed by atoms with Gasteiger partial charge < -0.3 is 5.11 Å². The fourth-order valence-electron chi connectivity index (χ4n) is 6.51. The molecule has 0 aromatic heterocycles. The molecule has 120 valence electrons. The van der Waals surface area contributed by atoms with Crippen molar-refractivity contribution in [1.29, 1.82) is 0 Å². The van der Waals surface area contributed by atoms with E-state index in [0.29, 0.717) is 5.41 Å². The summed E-state index contributed by atoms with van der Waals surface area (Å²) in [6.45, 7) is 5.19. The first-order chi connectivity index (χ1) is 10.7. The molecule has 0 amide bonds. The number of rotatable bonds is 2. The van der Waals surface area contributed by atoms with Gasteiger partial charge in [-0.3, -0.25) is 0 Å². The molecule has 0 heterocycles. The molecule has 22 heavy (non-hydrogen) atoms. The summed E-state index contributed by atoms with van der Waals surface area (Å²) in [5.41, 5.74) is 4.86. The van der Waals surface area contributed by atoms with Crippen LogP contribution in [0.1, 0.15) is 75.0 Å². The third kappa shape index (κ3) is 2.01. The maximum Gasteiger partial charge on any atom is 0.0681 e. The summed E-state index contributed by atoms with van der Waals surface area (Å²) in [5.74, 6) is 3.64. The van der Waals surface area contributed by atoms with Gasteiger partial charge in [-0.1, -0.05) is 38.5 Å². The van der Waals surface area contributed by atoms with E-state index in [1.165, 1.54) is 50.5 Å². The lowest BCUT2D eigenvalue weighted by Gasteiger charge is -2.51. The highest BCUT2D eigenvalue weighted by Crippen LogP contribution is 2.63. The van der Waals surface area contributed by atoms with Crippen molar-refractivity contribution >= 4 is 0 Å². The van der Waals surface area contributed by atoms with Gasteiger partial charge in [0.1, 0.15) is 0 Å². The molecule has 1 N–H and O–H groups in total. The molecule has 0 saturated heterocycles. The molecule has 1 aromatic carbocycles. The zero-order chi connectivity index (χ0) is 15.3. The molecule has 1 heteroatoms. The molecule has 0 radical (unpaired) electrons. The van der Waals surface area contributed by atoms with Gasteiger partial charge in [-0.05, 0) is 84.3 Å². The van der Waals surface area contributed by atoms with Crippen molar-refractivity contribution in [1.82, 2.24) is 0 Å². The first-order valence-electron chi connectivity index (χ1n) is 9.40. The van der Waals surface area contributed by atoms with Crippen molar-refractivity contribution < 1.29 is 5.11 Å². The van der Waals surface area contributed by atoms with Gasteiger partial charge in [0, 0.05) is 0 Å². The Morgan fingerprint density at radius 1 is 1.18 bits per heavy atom. The van der Waals surface area contributed by atoms with Crippen LogP contribution in [-0.2, 0) is 13.0 Å². The summed E-state index contributed by atoms with van der Waals surface area (Å²) in [7, 11) is 0. The topological polar surface area (TPSA) is 20.2 Å². The minimum absolute atomic E-state index is 0.181. The summed E-state index contributed by atoms with van der Waals surface area (Å²) in [4.78, 5) is 0. The Kier molecular flexibility index (Phi) is 3.60. The third-order valence-electron chi connectivity index (χ3n) is 7.66. The number of fused-ring (bicyclic) bond motifs is 5. The van der Waals surface area contributed by atoms with Gasteiger partial charge in [0.2, 0.25) is 0 Å². The van der Waals surface area contributed by atoms with Crippen molar-refractivity contribution in [3.63, 3.8) is 0 Å². The Hall–Kier alpha value is -0.820. The Balaban J connectivity index is 1.66. The van der Waals surface area contributed by atoms with Crippen LogP contribution in [0.4, 0.5) is 0 Å². The van der Waals surface area contributed by atoms with Gasteiger partial charge in [-0.15, -0.1) is 0 Å². The van der Waals surface area contributed by atoms with Crippen molar-refractivity contribution in [2.24, 2.45) is 23.2 Å². The second-order valence-corrected chi connectivity index (χ2v) is 8.33. The molecule has 5 atom stereocenters. The summed E-state index contributed by atoms with van der Waals surface area (Å²) in [6, 6.07) is 6.76. The monoisotopic (exact) mass is 298 g/mol. The average molecular weight is 298 g/mol. The minimum atomic E-state index is 0.181. The highest BCUT2D eigenvalue weighted by Gasteiger charge is 2.53. The van der Waals surface area contributed by atoms with Crippen LogP contribution in [0, 0.1) is 23.2 Å². The molecule has 1 aromatic rings.